The fraction of sp³-hybridized carbons (Fsp3) is 0.250. The summed E-state index contributed by atoms with van der Waals surface area (Å²) in [4.78, 5) is 8.92. The van der Waals surface area contributed by atoms with Crippen LogP contribution in [0.15, 0.2) is 85.5 Å². The van der Waals surface area contributed by atoms with Gasteiger partial charge in [-0.1, -0.05) is 29.8 Å². The van der Waals surface area contributed by atoms with Gasteiger partial charge in [0, 0.05) is 42.6 Å². The molecular weight excluding hydrogens is 589 g/mol. The maximum Gasteiger partial charge on any atom is 0.150 e. The standard InChI is InChI=1S/C32H31ClFN5O3S/c33-29-18-27(5-7-31(29)42-20-22-2-1-3-25(34)16-22)38-32-28-17-23(4-6-30(28)36-21-37-32)24-8-12-39(19-24)13-11-35-26-9-14-43(40,41)15-10-26/h1-8,12,16-19,21,26,35H,9-11,13-15,20H2,(H,36,37,38). The predicted octanol–water partition coefficient (Wildman–Crippen LogP) is 6.38. The highest BCUT2D eigenvalue weighted by molar-refractivity contribution is 7.91. The van der Waals surface area contributed by atoms with Crippen LogP contribution in [0.3, 0.4) is 0 Å². The highest BCUT2D eigenvalue weighted by atomic mass is 35.5. The summed E-state index contributed by atoms with van der Waals surface area (Å²) in [5.41, 5.74) is 4.37. The number of ether oxygens (including phenoxy) is 1. The summed E-state index contributed by atoms with van der Waals surface area (Å²) < 4.78 is 44.7. The highest BCUT2D eigenvalue weighted by Gasteiger charge is 2.22. The number of aromatic nitrogens is 3. The quantitative estimate of drug-likeness (QED) is 0.187. The van der Waals surface area contributed by atoms with E-state index in [0.717, 1.165) is 40.8 Å². The maximum absolute atomic E-state index is 13.5. The van der Waals surface area contributed by atoms with Gasteiger partial charge in [-0.05, 0) is 78.1 Å². The lowest BCUT2D eigenvalue weighted by Gasteiger charge is -2.23. The van der Waals surface area contributed by atoms with E-state index in [2.05, 4.69) is 43.5 Å². The van der Waals surface area contributed by atoms with Crippen LogP contribution in [0.2, 0.25) is 5.02 Å². The van der Waals surface area contributed by atoms with Crippen molar-refractivity contribution >= 4 is 43.8 Å². The fourth-order valence-electron chi connectivity index (χ4n) is 5.20. The minimum Gasteiger partial charge on any atom is -0.487 e. The smallest absolute Gasteiger partial charge is 0.150 e. The third-order valence-electron chi connectivity index (χ3n) is 7.55. The third-order valence-corrected chi connectivity index (χ3v) is 9.57. The summed E-state index contributed by atoms with van der Waals surface area (Å²) in [6.07, 6.45) is 7.03. The van der Waals surface area contributed by atoms with Gasteiger partial charge in [-0.15, -0.1) is 0 Å². The van der Waals surface area contributed by atoms with E-state index >= 15 is 0 Å². The Hall–Kier alpha value is -3.99. The first-order valence-electron chi connectivity index (χ1n) is 14.1. The number of hydrogen-bond donors (Lipinski definition) is 2. The number of nitrogens with zero attached hydrogens (tertiary/aromatic N) is 3. The number of rotatable bonds is 10. The van der Waals surface area contributed by atoms with Crippen molar-refractivity contribution in [3.05, 3.63) is 102 Å². The molecule has 2 N–H and O–H groups in total. The zero-order valence-corrected chi connectivity index (χ0v) is 24.9. The Balaban J connectivity index is 1.11. The van der Waals surface area contributed by atoms with Crippen LogP contribution in [0.25, 0.3) is 22.0 Å². The molecular formula is C32H31ClFN5O3S. The van der Waals surface area contributed by atoms with Crippen LogP contribution < -0.4 is 15.4 Å². The zero-order valence-electron chi connectivity index (χ0n) is 23.3. The SMILES string of the molecule is O=S1(=O)CCC(NCCn2ccc(-c3ccc4ncnc(Nc5ccc(OCc6cccc(F)c6)c(Cl)c5)c4c3)c2)CC1. The van der Waals surface area contributed by atoms with Gasteiger partial charge in [-0.2, -0.15) is 0 Å². The molecule has 1 saturated heterocycles. The molecule has 3 heterocycles. The normalized spacial score (nSPS) is 15.0. The molecule has 11 heteroatoms. The number of halogens is 2. The van der Waals surface area contributed by atoms with Crippen molar-refractivity contribution < 1.29 is 17.5 Å². The van der Waals surface area contributed by atoms with E-state index in [1.165, 1.54) is 18.5 Å². The minimum atomic E-state index is -2.85. The summed E-state index contributed by atoms with van der Waals surface area (Å²) >= 11 is 6.51. The van der Waals surface area contributed by atoms with Crippen LogP contribution >= 0.6 is 11.6 Å². The van der Waals surface area contributed by atoms with Crippen molar-refractivity contribution in [2.24, 2.45) is 0 Å². The van der Waals surface area contributed by atoms with Crippen molar-refractivity contribution in [1.29, 1.82) is 0 Å². The summed E-state index contributed by atoms with van der Waals surface area (Å²) in [5.74, 6) is 1.37. The van der Waals surface area contributed by atoms with E-state index < -0.39 is 9.84 Å². The van der Waals surface area contributed by atoms with Crippen molar-refractivity contribution in [3.63, 3.8) is 0 Å². The molecule has 3 aromatic carbocycles. The van der Waals surface area contributed by atoms with Crippen LogP contribution in [-0.4, -0.2) is 47.0 Å². The third kappa shape index (κ3) is 7.33. The molecule has 0 amide bonds. The van der Waals surface area contributed by atoms with Crippen LogP contribution in [0, 0.1) is 5.82 Å². The van der Waals surface area contributed by atoms with Crippen molar-refractivity contribution in [1.82, 2.24) is 19.9 Å². The minimum absolute atomic E-state index is 0.203. The first-order chi connectivity index (χ1) is 20.8. The molecule has 1 fully saturated rings. The molecule has 0 aliphatic carbocycles. The first kappa shape index (κ1) is 29.1. The topological polar surface area (TPSA) is 98.1 Å². The van der Waals surface area contributed by atoms with Gasteiger partial charge < -0.3 is 19.9 Å². The van der Waals surface area contributed by atoms with E-state index in [0.29, 0.717) is 35.0 Å². The summed E-state index contributed by atoms with van der Waals surface area (Å²) in [6, 6.07) is 20.1. The molecule has 222 valence electrons. The second-order valence-electron chi connectivity index (χ2n) is 10.7. The van der Waals surface area contributed by atoms with Crippen LogP contribution in [0.1, 0.15) is 18.4 Å². The van der Waals surface area contributed by atoms with Gasteiger partial charge >= 0.3 is 0 Å². The lowest BCUT2D eigenvalue weighted by molar-refractivity contribution is 0.306. The van der Waals surface area contributed by atoms with Gasteiger partial charge in [-0.25, -0.2) is 22.8 Å². The van der Waals surface area contributed by atoms with Gasteiger partial charge in [-0.3, -0.25) is 0 Å². The van der Waals surface area contributed by atoms with Gasteiger partial charge in [0.1, 0.15) is 40.2 Å². The monoisotopic (exact) mass is 619 g/mol. The Morgan fingerprint density at radius 1 is 1.00 bits per heavy atom. The molecule has 5 aromatic rings. The largest absolute Gasteiger partial charge is 0.487 e. The number of hydrogen-bond acceptors (Lipinski definition) is 7. The lowest BCUT2D eigenvalue weighted by Crippen LogP contribution is -2.38. The number of benzene rings is 3. The molecule has 0 bridgehead atoms. The van der Waals surface area contributed by atoms with E-state index in [-0.39, 0.29) is 30.0 Å². The summed E-state index contributed by atoms with van der Waals surface area (Å²) in [5, 5.41) is 8.13. The molecule has 2 aromatic heterocycles. The predicted molar refractivity (Wildman–Crippen MR) is 168 cm³/mol. The summed E-state index contributed by atoms with van der Waals surface area (Å²) in [6.45, 7) is 1.76. The molecule has 0 spiro atoms. The molecule has 0 atom stereocenters. The Bertz CT molecular complexity index is 1850. The Morgan fingerprint density at radius 2 is 1.86 bits per heavy atom. The number of fused-ring (bicyclic) bond motifs is 1. The van der Waals surface area contributed by atoms with E-state index in [1.54, 1.807) is 24.3 Å². The summed E-state index contributed by atoms with van der Waals surface area (Å²) in [7, 11) is -2.85. The van der Waals surface area contributed by atoms with E-state index in [1.807, 2.05) is 24.4 Å². The second-order valence-corrected chi connectivity index (χ2v) is 13.4. The highest BCUT2D eigenvalue weighted by Crippen LogP contribution is 2.32. The molecule has 1 aliphatic rings. The van der Waals surface area contributed by atoms with Crippen LogP contribution in [0.4, 0.5) is 15.9 Å². The van der Waals surface area contributed by atoms with Gasteiger partial charge in [0.25, 0.3) is 0 Å². The molecule has 0 saturated carbocycles. The fourth-order valence-corrected chi connectivity index (χ4v) is 6.93. The van der Waals surface area contributed by atoms with Crippen LogP contribution in [-0.2, 0) is 23.0 Å². The Kier molecular flexibility index (Phi) is 8.60. The molecule has 1 aliphatic heterocycles. The van der Waals surface area contributed by atoms with Gasteiger partial charge in [0.2, 0.25) is 0 Å². The number of nitrogens with one attached hydrogen (secondary N) is 2. The van der Waals surface area contributed by atoms with Crippen molar-refractivity contribution in [2.75, 3.05) is 23.4 Å². The van der Waals surface area contributed by atoms with Gasteiger partial charge in [0.05, 0.1) is 22.0 Å². The lowest BCUT2D eigenvalue weighted by atomic mass is 10.1. The Morgan fingerprint density at radius 3 is 2.67 bits per heavy atom. The Labute approximate surface area is 254 Å². The van der Waals surface area contributed by atoms with Gasteiger partial charge in [0.15, 0.2) is 0 Å². The average Bonchev–Trinajstić information content (AvgIpc) is 3.47. The van der Waals surface area contributed by atoms with Crippen molar-refractivity contribution in [2.45, 2.75) is 32.0 Å². The molecule has 43 heavy (non-hydrogen) atoms. The molecule has 8 nitrogen and oxygen atoms in total. The second kappa shape index (κ2) is 12.7. The average molecular weight is 620 g/mol. The van der Waals surface area contributed by atoms with E-state index in [9.17, 15) is 12.8 Å². The molecule has 0 radical (unpaired) electrons. The van der Waals surface area contributed by atoms with E-state index in [4.69, 9.17) is 16.3 Å². The zero-order chi connectivity index (χ0) is 29.8. The molecule has 6 rings (SSSR count). The maximum atomic E-state index is 13.5. The number of anilines is 2. The van der Waals surface area contributed by atoms with Crippen LogP contribution in [0.5, 0.6) is 5.75 Å². The number of sulfone groups is 1. The molecule has 0 unspecified atom stereocenters. The van der Waals surface area contributed by atoms with Crippen molar-refractivity contribution in [3.8, 4) is 16.9 Å². The first-order valence-corrected chi connectivity index (χ1v) is 16.3.